The molecule has 0 radical (unpaired) electrons. The van der Waals surface area contributed by atoms with E-state index in [1.54, 1.807) is 11.1 Å². The Morgan fingerprint density at radius 2 is 2.17 bits per heavy atom. The average Bonchev–Trinajstić information content (AvgIpc) is 2.40. The Hall–Kier alpha value is -0.0900. The maximum atomic E-state index is 3.81. The molecule has 1 nitrogen and oxygen atoms in total. The summed E-state index contributed by atoms with van der Waals surface area (Å²) in [4.78, 5) is 0. The molecular formula is C16H20IN. The summed E-state index contributed by atoms with van der Waals surface area (Å²) < 4.78 is 1.49. The highest BCUT2D eigenvalue weighted by Gasteiger charge is 2.51. The Labute approximate surface area is 123 Å². The third-order valence-corrected chi connectivity index (χ3v) is 6.65. The summed E-state index contributed by atoms with van der Waals surface area (Å²) in [6, 6.07) is 7.76. The smallest absolute Gasteiger partial charge is 0.0165 e. The highest BCUT2D eigenvalue weighted by molar-refractivity contribution is 14.1. The van der Waals surface area contributed by atoms with Crippen LogP contribution in [0.2, 0.25) is 0 Å². The molecule has 1 aromatic rings. The fourth-order valence-corrected chi connectivity index (χ4v) is 5.64. The summed E-state index contributed by atoms with van der Waals surface area (Å²) in [7, 11) is 0. The van der Waals surface area contributed by atoms with Gasteiger partial charge in [0, 0.05) is 15.0 Å². The number of nitrogens with one attached hydrogen (secondary N) is 1. The van der Waals surface area contributed by atoms with Gasteiger partial charge in [-0.25, -0.2) is 0 Å². The first-order valence-electron chi connectivity index (χ1n) is 7.32. The molecule has 96 valence electrons. The fraction of sp³-hybridized carbons (Fsp3) is 0.625. The molecule has 1 N–H and O–H groups in total. The first kappa shape index (κ1) is 11.7. The number of fused-ring (bicyclic) bond motifs is 1. The summed E-state index contributed by atoms with van der Waals surface area (Å²) in [6.07, 6.45) is 8.39. The normalized spacial score (nSPS) is 37.8. The molecule has 0 amide bonds. The number of hydrogen-bond donors (Lipinski definition) is 1. The predicted molar refractivity (Wildman–Crippen MR) is 82.9 cm³/mol. The quantitative estimate of drug-likeness (QED) is 0.703. The van der Waals surface area contributed by atoms with Gasteiger partial charge in [-0.1, -0.05) is 25.0 Å². The summed E-state index contributed by atoms with van der Waals surface area (Å²) in [5.41, 5.74) is 3.91. The maximum Gasteiger partial charge on any atom is 0.0165 e. The Morgan fingerprint density at radius 1 is 1.22 bits per heavy atom. The van der Waals surface area contributed by atoms with Crippen molar-refractivity contribution in [3.63, 3.8) is 0 Å². The van der Waals surface area contributed by atoms with Crippen LogP contribution >= 0.6 is 22.6 Å². The molecule has 2 heteroatoms. The molecule has 2 aliphatic carbocycles. The zero-order chi connectivity index (χ0) is 12.2. The molecule has 4 rings (SSSR count). The van der Waals surface area contributed by atoms with Gasteiger partial charge in [0.15, 0.2) is 0 Å². The summed E-state index contributed by atoms with van der Waals surface area (Å²) >= 11 is 2.54. The number of rotatable bonds is 0. The lowest BCUT2D eigenvalue weighted by atomic mass is 9.53. The highest BCUT2D eigenvalue weighted by Crippen LogP contribution is 2.54. The van der Waals surface area contributed by atoms with Gasteiger partial charge in [0.25, 0.3) is 0 Å². The molecule has 3 aliphatic rings. The molecule has 1 saturated heterocycles. The largest absolute Gasteiger partial charge is 0.313 e. The van der Waals surface area contributed by atoms with E-state index < -0.39 is 0 Å². The van der Waals surface area contributed by atoms with Crippen LogP contribution in [0.1, 0.15) is 43.2 Å². The minimum absolute atomic E-state index is 0.531. The Morgan fingerprint density at radius 3 is 3.11 bits per heavy atom. The average molecular weight is 353 g/mol. The van der Waals surface area contributed by atoms with Gasteiger partial charge in [-0.3, -0.25) is 0 Å². The van der Waals surface area contributed by atoms with Gasteiger partial charge < -0.3 is 5.32 Å². The van der Waals surface area contributed by atoms with Crippen molar-refractivity contribution in [3.8, 4) is 0 Å². The molecule has 1 saturated carbocycles. The van der Waals surface area contributed by atoms with Crippen molar-refractivity contribution in [2.75, 3.05) is 6.54 Å². The summed E-state index contributed by atoms with van der Waals surface area (Å²) in [5, 5.41) is 3.81. The molecule has 2 bridgehead atoms. The van der Waals surface area contributed by atoms with Crippen LogP contribution in [0.5, 0.6) is 0 Å². The molecule has 3 atom stereocenters. The third-order valence-electron chi connectivity index (χ3n) is 5.64. The van der Waals surface area contributed by atoms with Gasteiger partial charge in [0.1, 0.15) is 0 Å². The van der Waals surface area contributed by atoms with E-state index in [9.17, 15) is 0 Å². The van der Waals surface area contributed by atoms with Crippen LogP contribution in [0.3, 0.4) is 0 Å². The van der Waals surface area contributed by atoms with E-state index in [0.717, 1.165) is 12.0 Å². The summed E-state index contributed by atoms with van der Waals surface area (Å²) in [5.74, 6) is 0.908. The molecule has 1 heterocycles. The molecule has 18 heavy (non-hydrogen) atoms. The van der Waals surface area contributed by atoms with Gasteiger partial charge in [-0.2, -0.15) is 0 Å². The van der Waals surface area contributed by atoms with Crippen molar-refractivity contribution in [2.45, 2.75) is 50.0 Å². The highest BCUT2D eigenvalue weighted by atomic mass is 127. The van der Waals surface area contributed by atoms with Crippen molar-refractivity contribution < 1.29 is 0 Å². The Kier molecular flexibility index (Phi) is 2.74. The minimum atomic E-state index is 0.531. The van der Waals surface area contributed by atoms with Crippen molar-refractivity contribution in [2.24, 2.45) is 5.92 Å². The van der Waals surface area contributed by atoms with Gasteiger partial charge in [-0.15, -0.1) is 0 Å². The van der Waals surface area contributed by atoms with E-state index in [1.165, 1.54) is 48.6 Å². The first-order chi connectivity index (χ1) is 8.81. The number of piperidine rings is 1. The Balaban J connectivity index is 1.93. The van der Waals surface area contributed by atoms with E-state index in [-0.39, 0.29) is 0 Å². The van der Waals surface area contributed by atoms with Crippen LogP contribution < -0.4 is 5.32 Å². The van der Waals surface area contributed by atoms with E-state index in [0.29, 0.717) is 5.41 Å². The van der Waals surface area contributed by atoms with E-state index in [4.69, 9.17) is 0 Å². The molecule has 1 aromatic carbocycles. The second kappa shape index (κ2) is 4.20. The van der Waals surface area contributed by atoms with Crippen LogP contribution in [-0.2, 0) is 11.8 Å². The van der Waals surface area contributed by atoms with Gasteiger partial charge >= 0.3 is 0 Å². The zero-order valence-corrected chi connectivity index (χ0v) is 12.9. The standard InChI is InChI=1S/C16H20IN/c17-14-6-3-5-12-11(14)10-15-13-4-1-2-7-16(12,13)8-9-18-15/h3,5-6,13,15,18H,1-2,4,7-10H2/t13-,15+,16-/m0/s1. The van der Waals surface area contributed by atoms with Gasteiger partial charge in [0.2, 0.25) is 0 Å². The molecule has 2 fully saturated rings. The SMILES string of the molecule is Ic1cccc2c1C[C@H]1NCC[C@@]23CCCC[C@@H]13. The third kappa shape index (κ3) is 1.48. The van der Waals surface area contributed by atoms with E-state index in [1.807, 2.05) is 0 Å². The van der Waals surface area contributed by atoms with Crippen LogP contribution in [0, 0.1) is 9.49 Å². The number of halogens is 1. The van der Waals surface area contributed by atoms with Crippen molar-refractivity contribution in [1.82, 2.24) is 5.32 Å². The zero-order valence-electron chi connectivity index (χ0n) is 10.7. The van der Waals surface area contributed by atoms with E-state index in [2.05, 4.69) is 46.1 Å². The van der Waals surface area contributed by atoms with Crippen LogP contribution in [0.4, 0.5) is 0 Å². The molecule has 0 spiro atoms. The van der Waals surface area contributed by atoms with Crippen molar-refractivity contribution in [3.05, 3.63) is 32.9 Å². The first-order valence-corrected chi connectivity index (χ1v) is 8.40. The van der Waals surface area contributed by atoms with Crippen LogP contribution in [0.25, 0.3) is 0 Å². The second-order valence-electron chi connectivity index (χ2n) is 6.29. The van der Waals surface area contributed by atoms with Crippen LogP contribution in [0.15, 0.2) is 18.2 Å². The molecule has 0 unspecified atom stereocenters. The summed E-state index contributed by atoms with van der Waals surface area (Å²) in [6.45, 7) is 1.23. The minimum Gasteiger partial charge on any atom is -0.313 e. The predicted octanol–water partition coefficient (Wildman–Crippen LogP) is 3.64. The fourth-order valence-electron chi connectivity index (χ4n) is 4.92. The molecule has 1 aliphatic heterocycles. The molecular weight excluding hydrogens is 333 g/mol. The maximum absolute atomic E-state index is 3.81. The lowest BCUT2D eigenvalue weighted by Crippen LogP contribution is -2.59. The van der Waals surface area contributed by atoms with Crippen LogP contribution in [-0.4, -0.2) is 12.6 Å². The van der Waals surface area contributed by atoms with E-state index >= 15 is 0 Å². The lowest BCUT2D eigenvalue weighted by Gasteiger charge is -2.56. The number of benzene rings is 1. The number of hydrogen-bond acceptors (Lipinski definition) is 1. The van der Waals surface area contributed by atoms with Crippen molar-refractivity contribution >= 4 is 22.6 Å². The van der Waals surface area contributed by atoms with Gasteiger partial charge in [0.05, 0.1) is 0 Å². The van der Waals surface area contributed by atoms with Crippen molar-refractivity contribution in [1.29, 1.82) is 0 Å². The van der Waals surface area contributed by atoms with Gasteiger partial charge in [-0.05, 0) is 77.9 Å². The monoisotopic (exact) mass is 353 g/mol. The second-order valence-corrected chi connectivity index (χ2v) is 7.45. The lowest BCUT2D eigenvalue weighted by molar-refractivity contribution is 0.0795. The Bertz CT molecular complexity index is 480. The molecule has 0 aromatic heterocycles. The topological polar surface area (TPSA) is 12.0 Å².